The number of benzene rings is 1. The molecule has 0 bridgehead atoms. The Morgan fingerprint density at radius 3 is 2.61 bits per heavy atom. The van der Waals surface area contributed by atoms with Crippen molar-refractivity contribution in [3.63, 3.8) is 0 Å². The minimum Gasteiger partial charge on any atom is -0.439 e. The molecule has 0 saturated heterocycles. The molecule has 3 aromatic rings. The number of nitrogen functional groups attached to an aromatic ring is 1. The fourth-order valence-corrected chi connectivity index (χ4v) is 2.47. The molecule has 1 aliphatic rings. The van der Waals surface area contributed by atoms with Gasteiger partial charge in [-0.2, -0.15) is 0 Å². The molecule has 3 heterocycles. The van der Waals surface area contributed by atoms with Crippen LogP contribution in [0.4, 0.5) is 5.82 Å². The second-order valence-electron chi connectivity index (χ2n) is 5.05. The number of nitrogens with zero attached hydrogens (tertiary/aromatic N) is 4. The number of pyridine rings is 1. The number of ether oxygens (including phenoxy) is 1. The van der Waals surface area contributed by atoms with E-state index in [1.807, 2.05) is 42.5 Å². The zero-order valence-corrected chi connectivity index (χ0v) is 12.2. The van der Waals surface area contributed by atoms with Crippen LogP contribution in [0.1, 0.15) is 16.8 Å². The van der Waals surface area contributed by atoms with Crippen molar-refractivity contribution in [3.8, 4) is 11.6 Å². The first-order valence-electron chi connectivity index (χ1n) is 7.15. The van der Waals surface area contributed by atoms with E-state index in [4.69, 9.17) is 10.5 Å². The predicted molar refractivity (Wildman–Crippen MR) is 86.5 cm³/mol. The van der Waals surface area contributed by atoms with Crippen LogP contribution in [0.25, 0.3) is 0 Å². The lowest BCUT2D eigenvalue weighted by Gasteiger charge is -2.07. The quantitative estimate of drug-likeness (QED) is 0.803. The first kappa shape index (κ1) is 13.4. The summed E-state index contributed by atoms with van der Waals surface area (Å²) in [7, 11) is 0. The molecule has 0 amide bonds. The van der Waals surface area contributed by atoms with Gasteiger partial charge in [-0.3, -0.25) is 4.99 Å². The highest BCUT2D eigenvalue weighted by atomic mass is 16.5. The van der Waals surface area contributed by atoms with Crippen LogP contribution >= 0.6 is 0 Å². The van der Waals surface area contributed by atoms with Crippen molar-refractivity contribution >= 4 is 11.5 Å². The van der Waals surface area contributed by atoms with Gasteiger partial charge in [0.15, 0.2) is 0 Å². The normalized spacial score (nSPS) is 12.6. The highest BCUT2D eigenvalue weighted by Gasteiger charge is 2.22. The number of rotatable bonds is 3. The van der Waals surface area contributed by atoms with Crippen LogP contribution in [0.2, 0.25) is 0 Å². The van der Waals surface area contributed by atoms with Gasteiger partial charge >= 0.3 is 0 Å². The van der Waals surface area contributed by atoms with Gasteiger partial charge in [-0.25, -0.2) is 15.0 Å². The van der Waals surface area contributed by atoms with Crippen molar-refractivity contribution in [3.05, 3.63) is 71.8 Å². The van der Waals surface area contributed by atoms with Gasteiger partial charge in [0.25, 0.3) is 0 Å². The molecule has 0 atom stereocenters. The minimum absolute atomic E-state index is 0.441. The highest BCUT2D eigenvalue weighted by Crippen LogP contribution is 2.26. The Labute approximate surface area is 132 Å². The molecule has 0 unspecified atom stereocenters. The smallest absolute Gasteiger partial charge is 0.219 e. The molecule has 4 rings (SSSR count). The molecule has 0 spiro atoms. The van der Waals surface area contributed by atoms with E-state index in [-0.39, 0.29) is 0 Å². The third-order valence-corrected chi connectivity index (χ3v) is 3.55. The van der Waals surface area contributed by atoms with Gasteiger partial charge in [0.2, 0.25) is 5.88 Å². The van der Waals surface area contributed by atoms with Crippen molar-refractivity contribution in [1.29, 1.82) is 0 Å². The lowest BCUT2D eigenvalue weighted by Crippen LogP contribution is -2.08. The van der Waals surface area contributed by atoms with Crippen LogP contribution in [0, 0.1) is 0 Å². The number of anilines is 1. The molecule has 0 aliphatic carbocycles. The zero-order chi connectivity index (χ0) is 15.6. The number of hydrogen-bond donors (Lipinski definition) is 1. The van der Waals surface area contributed by atoms with E-state index < -0.39 is 0 Å². The Hall–Kier alpha value is -3.28. The Morgan fingerprint density at radius 1 is 0.957 bits per heavy atom. The summed E-state index contributed by atoms with van der Waals surface area (Å²) in [5, 5.41) is 0. The number of para-hydroxylation sites is 1. The van der Waals surface area contributed by atoms with E-state index in [9.17, 15) is 0 Å². The molecule has 1 aliphatic heterocycles. The third-order valence-electron chi connectivity index (χ3n) is 3.55. The van der Waals surface area contributed by atoms with E-state index in [1.165, 1.54) is 6.33 Å². The molecular formula is C17H13N5O. The zero-order valence-electron chi connectivity index (χ0n) is 12.2. The fourth-order valence-electron chi connectivity index (χ4n) is 2.47. The van der Waals surface area contributed by atoms with Gasteiger partial charge in [-0.15, -0.1) is 0 Å². The Bertz CT molecular complexity index is 875. The van der Waals surface area contributed by atoms with Crippen molar-refractivity contribution in [2.75, 3.05) is 5.73 Å². The first-order chi connectivity index (χ1) is 11.3. The van der Waals surface area contributed by atoms with Crippen molar-refractivity contribution in [2.24, 2.45) is 4.99 Å². The van der Waals surface area contributed by atoms with Crippen molar-refractivity contribution in [2.45, 2.75) is 6.54 Å². The lowest BCUT2D eigenvalue weighted by atomic mass is 10.1. The topological polar surface area (TPSA) is 86.3 Å². The van der Waals surface area contributed by atoms with Gasteiger partial charge in [0.1, 0.15) is 17.9 Å². The summed E-state index contributed by atoms with van der Waals surface area (Å²) in [5.74, 6) is 1.71. The second-order valence-corrected chi connectivity index (χ2v) is 5.05. The Balaban J connectivity index is 1.61. The molecule has 6 heteroatoms. The SMILES string of the molecule is Nc1ncnc2c1C(c1ccc(Oc3ccccc3)nc1)=NC2. The maximum Gasteiger partial charge on any atom is 0.219 e. The summed E-state index contributed by atoms with van der Waals surface area (Å²) in [6.45, 7) is 0.514. The van der Waals surface area contributed by atoms with Crippen molar-refractivity contribution in [1.82, 2.24) is 15.0 Å². The van der Waals surface area contributed by atoms with Gasteiger partial charge in [-0.1, -0.05) is 18.2 Å². The Kier molecular flexibility index (Phi) is 3.20. The summed E-state index contributed by atoms with van der Waals surface area (Å²) in [5.41, 5.74) is 9.24. The standard InChI is InChI=1S/C17H13N5O/c18-17-15-13(21-10-22-17)9-20-16(15)11-6-7-14(19-8-11)23-12-4-2-1-3-5-12/h1-8,10H,9H2,(H2,18,21,22). The first-order valence-corrected chi connectivity index (χ1v) is 7.15. The van der Waals surface area contributed by atoms with Gasteiger partial charge < -0.3 is 10.5 Å². The maximum atomic E-state index is 5.95. The monoisotopic (exact) mass is 303 g/mol. The number of nitrogens with two attached hydrogens (primary N) is 1. The molecule has 0 radical (unpaired) electrons. The minimum atomic E-state index is 0.441. The number of aromatic nitrogens is 3. The van der Waals surface area contributed by atoms with Crippen LogP contribution in [-0.4, -0.2) is 20.7 Å². The summed E-state index contributed by atoms with van der Waals surface area (Å²) in [6, 6.07) is 13.2. The molecule has 0 saturated carbocycles. The predicted octanol–water partition coefficient (Wildman–Crippen LogP) is 2.60. The number of fused-ring (bicyclic) bond motifs is 1. The second kappa shape index (κ2) is 5.49. The number of aliphatic imine (C=N–C) groups is 1. The molecule has 2 aromatic heterocycles. The molecule has 2 N–H and O–H groups in total. The van der Waals surface area contributed by atoms with E-state index in [0.717, 1.165) is 28.3 Å². The molecule has 1 aromatic carbocycles. The van der Waals surface area contributed by atoms with Crippen molar-refractivity contribution < 1.29 is 4.74 Å². The van der Waals surface area contributed by atoms with Gasteiger partial charge in [0, 0.05) is 17.8 Å². The largest absolute Gasteiger partial charge is 0.439 e. The van der Waals surface area contributed by atoms with E-state index in [1.54, 1.807) is 6.20 Å². The molecule has 112 valence electrons. The van der Waals surface area contributed by atoms with E-state index >= 15 is 0 Å². The van der Waals surface area contributed by atoms with E-state index in [0.29, 0.717) is 18.2 Å². The highest BCUT2D eigenvalue weighted by molar-refractivity contribution is 6.17. The summed E-state index contributed by atoms with van der Waals surface area (Å²) in [4.78, 5) is 17.1. The van der Waals surface area contributed by atoms with Crippen LogP contribution in [-0.2, 0) is 6.54 Å². The van der Waals surface area contributed by atoms with E-state index in [2.05, 4.69) is 19.9 Å². The maximum absolute atomic E-state index is 5.95. The molecule has 6 nitrogen and oxygen atoms in total. The Morgan fingerprint density at radius 2 is 1.83 bits per heavy atom. The third kappa shape index (κ3) is 2.50. The average Bonchev–Trinajstić information content (AvgIpc) is 3.02. The molecular weight excluding hydrogens is 290 g/mol. The number of hydrogen-bond acceptors (Lipinski definition) is 6. The lowest BCUT2D eigenvalue weighted by molar-refractivity contribution is 0.463. The fraction of sp³-hybridized carbons (Fsp3) is 0.0588. The van der Waals surface area contributed by atoms with Crippen LogP contribution in [0.5, 0.6) is 11.6 Å². The summed E-state index contributed by atoms with van der Waals surface area (Å²) in [6.07, 6.45) is 3.18. The molecule has 0 fully saturated rings. The van der Waals surface area contributed by atoms with Crippen LogP contribution in [0.3, 0.4) is 0 Å². The van der Waals surface area contributed by atoms with Crippen LogP contribution < -0.4 is 10.5 Å². The summed E-state index contributed by atoms with van der Waals surface area (Å²) < 4.78 is 5.69. The van der Waals surface area contributed by atoms with Crippen LogP contribution in [0.15, 0.2) is 60.0 Å². The van der Waals surface area contributed by atoms with Gasteiger partial charge in [0.05, 0.1) is 23.5 Å². The summed E-state index contributed by atoms with van der Waals surface area (Å²) >= 11 is 0. The average molecular weight is 303 g/mol. The van der Waals surface area contributed by atoms with Gasteiger partial charge in [-0.05, 0) is 18.2 Å². The molecule has 23 heavy (non-hydrogen) atoms.